The quantitative estimate of drug-likeness (QED) is 0.609. The van der Waals surface area contributed by atoms with Crippen LogP contribution in [0.5, 0.6) is 0 Å². The summed E-state index contributed by atoms with van der Waals surface area (Å²) in [4.78, 5) is 38.5. The average molecular weight is 361 g/mol. The molecule has 1 heterocycles. The van der Waals surface area contributed by atoms with Gasteiger partial charge < -0.3 is 19.2 Å². The number of ether oxygens (including phenoxy) is 2. The molecule has 1 aliphatic rings. The summed E-state index contributed by atoms with van der Waals surface area (Å²) in [6.45, 7) is 5.83. The normalized spacial score (nSPS) is 23.2. The Bertz CT molecular complexity index is 652. The summed E-state index contributed by atoms with van der Waals surface area (Å²) < 4.78 is 10.5. The van der Waals surface area contributed by atoms with Crippen molar-refractivity contribution in [3.63, 3.8) is 0 Å². The number of nitrogens with zero attached hydrogens (tertiary/aromatic N) is 1. The van der Waals surface area contributed by atoms with Crippen molar-refractivity contribution in [1.29, 1.82) is 0 Å². The molecule has 142 valence electrons. The van der Waals surface area contributed by atoms with E-state index in [9.17, 15) is 14.4 Å². The van der Waals surface area contributed by atoms with Gasteiger partial charge in [-0.25, -0.2) is 4.79 Å². The summed E-state index contributed by atoms with van der Waals surface area (Å²) in [7, 11) is 1.31. The lowest BCUT2D eigenvalue weighted by Gasteiger charge is -2.44. The van der Waals surface area contributed by atoms with Gasteiger partial charge >= 0.3 is 12.1 Å². The van der Waals surface area contributed by atoms with Gasteiger partial charge in [0, 0.05) is 19.0 Å². The minimum atomic E-state index is -1.12. The number of hydrogen-bond acceptors (Lipinski definition) is 5. The third-order valence-corrected chi connectivity index (χ3v) is 4.66. The van der Waals surface area contributed by atoms with Crippen molar-refractivity contribution in [3.8, 4) is 0 Å². The number of esters is 1. The fraction of sp³-hybridized carbons (Fsp3) is 0.550. The van der Waals surface area contributed by atoms with Gasteiger partial charge in [-0.1, -0.05) is 30.3 Å². The van der Waals surface area contributed by atoms with Gasteiger partial charge in [-0.05, 0) is 39.2 Å². The van der Waals surface area contributed by atoms with Crippen LogP contribution in [-0.2, 0) is 25.5 Å². The summed E-state index contributed by atoms with van der Waals surface area (Å²) in [6.07, 6.45) is 1.04. The number of aldehydes is 1. The number of carbonyl (C=O) groups excluding carboxylic acids is 3. The van der Waals surface area contributed by atoms with Crippen LogP contribution < -0.4 is 0 Å². The van der Waals surface area contributed by atoms with Crippen LogP contribution in [0.1, 0.15) is 32.8 Å². The van der Waals surface area contributed by atoms with E-state index in [0.29, 0.717) is 19.4 Å². The first-order chi connectivity index (χ1) is 12.2. The molecule has 1 saturated heterocycles. The van der Waals surface area contributed by atoms with Gasteiger partial charge in [0.15, 0.2) is 0 Å². The number of rotatable bonds is 4. The van der Waals surface area contributed by atoms with Crippen LogP contribution >= 0.6 is 0 Å². The number of likely N-dealkylation sites (tertiary alicyclic amines) is 1. The monoisotopic (exact) mass is 361 g/mol. The van der Waals surface area contributed by atoms with Crippen LogP contribution in [0.4, 0.5) is 4.79 Å². The second kappa shape index (κ2) is 7.89. The topological polar surface area (TPSA) is 72.9 Å². The van der Waals surface area contributed by atoms with E-state index in [1.54, 1.807) is 20.8 Å². The number of hydrogen-bond donors (Lipinski definition) is 0. The second-order valence-corrected chi connectivity index (χ2v) is 7.74. The van der Waals surface area contributed by atoms with Crippen LogP contribution in [0.2, 0.25) is 0 Å². The molecule has 1 fully saturated rings. The van der Waals surface area contributed by atoms with Crippen LogP contribution in [0.25, 0.3) is 0 Å². The molecule has 2 rings (SSSR count). The number of methoxy groups -OCH3 is 1. The first-order valence-corrected chi connectivity index (χ1v) is 8.77. The Morgan fingerprint density at radius 1 is 1.27 bits per heavy atom. The molecule has 0 radical (unpaired) electrons. The molecule has 0 bridgehead atoms. The zero-order valence-corrected chi connectivity index (χ0v) is 15.9. The standard InChI is InChI=1S/C20H27NO5/c1-19(2,3)26-18(24)21-11-10-16(13-22)20(14-21,17(23)25-4)12-15-8-6-5-7-9-15/h5-9,13,16H,10-12,14H2,1-4H3. The van der Waals surface area contributed by atoms with Crippen LogP contribution in [0, 0.1) is 11.3 Å². The lowest BCUT2D eigenvalue weighted by atomic mass is 9.68. The van der Waals surface area contributed by atoms with E-state index >= 15 is 0 Å². The maximum Gasteiger partial charge on any atom is 0.410 e. The summed E-state index contributed by atoms with van der Waals surface area (Å²) in [6, 6.07) is 9.45. The third-order valence-electron chi connectivity index (χ3n) is 4.66. The first-order valence-electron chi connectivity index (χ1n) is 8.77. The molecule has 2 unspecified atom stereocenters. The van der Waals surface area contributed by atoms with Gasteiger partial charge in [0.2, 0.25) is 0 Å². The van der Waals surface area contributed by atoms with Crippen molar-refractivity contribution in [2.24, 2.45) is 11.3 Å². The lowest BCUT2D eigenvalue weighted by molar-refractivity contribution is -0.162. The molecule has 1 aliphatic heterocycles. The Morgan fingerprint density at radius 3 is 2.46 bits per heavy atom. The molecular formula is C20H27NO5. The summed E-state index contributed by atoms with van der Waals surface area (Å²) in [5.41, 5.74) is -0.838. The summed E-state index contributed by atoms with van der Waals surface area (Å²) in [5, 5.41) is 0. The van der Waals surface area contributed by atoms with E-state index in [1.807, 2.05) is 30.3 Å². The molecule has 0 N–H and O–H groups in total. The van der Waals surface area contributed by atoms with Crippen LogP contribution in [0.3, 0.4) is 0 Å². The molecule has 0 aliphatic carbocycles. The highest BCUT2D eigenvalue weighted by Gasteiger charge is 2.51. The molecular weight excluding hydrogens is 334 g/mol. The highest BCUT2D eigenvalue weighted by atomic mass is 16.6. The predicted octanol–water partition coefficient (Wildman–Crippen LogP) is 2.84. The Kier molecular flexibility index (Phi) is 6.05. The third kappa shape index (κ3) is 4.42. The molecule has 26 heavy (non-hydrogen) atoms. The Balaban J connectivity index is 2.35. The lowest BCUT2D eigenvalue weighted by Crippen LogP contribution is -2.57. The number of amides is 1. The van der Waals surface area contributed by atoms with E-state index in [0.717, 1.165) is 11.8 Å². The van der Waals surface area contributed by atoms with Crippen LogP contribution in [0.15, 0.2) is 30.3 Å². The van der Waals surface area contributed by atoms with Crippen molar-refractivity contribution >= 4 is 18.3 Å². The first kappa shape index (κ1) is 19.9. The number of piperidine rings is 1. The van der Waals surface area contributed by atoms with E-state index in [2.05, 4.69) is 0 Å². The van der Waals surface area contributed by atoms with E-state index in [4.69, 9.17) is 9.47 Å². The molecule has 2 atom stereocenters. The van der Waals surface area contributed by atoms with Crippen molar-refractivity contribution in [2.45, 2.75) is 39.2 Å². The van der Waals surface area contributed by atoms with Crippen molar-refractivity contribution in [1.82, 2.24) is 4.90 Å². The molecule has 6 heteroatoms. The molecule has 1 amide bonds. The smallest absolute Gasteiger partial charge is 0.410 e. The molecule has 0 saturated carbocycles. The minimum absolute atomic E-state index is 0.0902. The van der Waals surface area contributed by atoms with Crippen molar-refractivity contribution in [3.05, 3.63) is 35.9 Å². The molecule has 0 spiro atoms. The predicted molar refractivity (Wildman–Crippen MR) is 96.6 cm³/mol. The fourth-order valence-electron chi connectivity index (χ4n) is 3.43. The van der Waals surface area contributed by atoms with Crippen molar-refractivity contribution < 1.29 is 23.9 Å². The maximum atomic E-state index is 12.8. The molecule has 6 nitrogen and oxygen atoms in total. The summed E-state index contributed by atoms with van der Waals surface area (Å²) in [5.74, 6) is -0.999. The Hall–Kier alpha value is -2.37. The number of carbonyl (C=O) groups is 3. The van der Waals surface area contributed by atoms with Gasteiger partial charge in [-0.2, -0.15) is 0 Å². The van der Waals surface area contributed by atoms with Gasteiger partial charge in [0.05, 0.1) is 12.5 Å². The molecule has 1 aromatic rings. The van der Waals surface area contributed by atoms with Crippen molar-refractivity contribution in [2.75, 3.05) is 20.2 Å². The summed E-state index contributed by atoms with van der Waals surface area (Å²) >= 11 is 0. The second-order valence-electron chi connectivity index (χ2n) is 7.74. The fourth-order valence-corrected chi connectivity index (χ4v) is 3.43. The van der Waals surface area contributed by atoms with Gasteiger partial charge in [0.1, 0.15) is 11.9 Å². The van der Waals surface area contributed by atoms with E-state index < -0.39 is 29.0 Å². The van der Waals surface area contributed by atoms with E-state index in [1.165, 1.54) is 12.0 Å². The number of benzene rings is 1. The SMILES string of the molecule is COC(=O)C1(Cc2ccccc2)CN(C(=O)OC(C)(C)C)CCC1C=O. The maximum absolute atomic E-state index is 12.8. The minimum Gasteiger partial charge on any atom is -0.469 e. The Morgan fingerprint density at radius 2 is 1.92 bits per heavy atom. The average Bonchev–Trinajstić information content (AvgIpc) is 2.60. The highest BCUT2D eigenvalue weighted by molar-refractivity contribution is 5.83. The highest BCUT2D eigenvalue weighted by Crippen LogP contribution is 2.39. The van der Waals surface area contributed by atoms with E-state index in [-0.39, 0.29) is 6.54 Å². The van der Waals surface area contributed by atoms with Gasteiger partial charge in [-0.3, -0.25) is 4.79 Å². The molecule has 1 aromatic carbocycles. The molecule has 0 aromatic heterocycles. The zero-order valence-electron chi connectivity index (χ0n) is 15.9. The van der Waals surface area contributed by atoms with Gasteiger partial charge in [-0.15, -0.1) is 0 Å². The largest absolute Gasteiger partial charge is 0.469 e. The van der Waals surface area contributed by atoms with Gasteiger partial charge in [0.25, 0.3) is 0 Å². The Labute approximate surface area is 154 Å². The van der Waals surface area contributed by atoms with Crippen LogP contribution in [-0.4, -0.2) is 49.0 Å². The zero-order chi connectivity index (χ0) is 19.4.